The molecule has 0 spiro atoms. The van der Waals surface area contributed by atoms with Gasteiger partial charge in [-0.2, -0.15) is 0 Å². The van der Waals surface area contributed by atoms with E-state index in [0.717, 1.165) is 15.4 Å². The molecule has 0 bridgehead atoms. The van der Waals surface area contributed by atoms with Crippen molar-refractivity contribution in [3.63, 3.8) is 0 Å². The van der Waals surface area contributed by atoms with Gasteiger partial charge in [-0.1, -0.05) is 6.07 Å². The first kappa shape index (κ1) is 11.3. The summed E-state index contributed by atoms with van der Waals surface area (Å²) in [6.45, 7) is 0. The molecule has 1 heterocycles. The molecule has 1 aromatic heterocycles. The van der Waals surface area contributed by atoms with Crippen molar-refractivity contribution < 1.29 is 4.39 Å². The van der Waals surface area contributed by atoms with E-state index in [1.165, 1.54) is 17.4 Å². The molecule has 0 fully saturated rings. The van der Waals surface area contributed by atoms with Crippen LogP contribution < -0.4 is 5.32 Å². The van der Waals surface area contributed by atoms with Crippen molar-refractivity contribution in [1.82, 2.24) is 4.98 Å². The number of nitrogens with one attached hydrogen (secondary N) is 1. The highest BCUT2D eigenvalue weighted by Gasteiger charge is 2.06. The van der Waals surface area contributed by atoms with Crippen LogP contribution in [0.5, 0.6) is 0 Å². The maximum absolute atomic E-state index is 13.2. The first-order valence-electron chi connectivity index (χ1n) is 3.99. The molecule has 1 N–H and O–H groups in total. The number of thiazole rings is 1. The minimum Gasteiger partial charge on any atom is -0.331 e. The predicted octanol–water partition coefficient (Wildman–Crippen LogP) is 4.39. The minimum atomic E-state index is -0.226. The average Bonchev–Trinajstić information content (AvgIpc) is 2.59. The van der Waals surface area contributed by atoms with Gasteiger partial charge in [0.25, 0.3) is 0 Å². The summed E-state index contributed by atoms with van der Waals surface area (Å²) >= 11 is 6.69. The number of nitrogens with zero attached hydrogens (tertiary/aromatic N) is 1. The number of hydrogen-bond acceptors (Lipinski definition) is 3. The molecule has 2 rings (SSSR count). The fourth-order valence-corrected chi connectivity index (χ4v) is 2.68. The summed E-state index contributed by atoms with van der Waals surface area (Å²) in [6, 6.07) is 4.92. The predicted molar refractivity (Wildman–Crippen MR) is 72.2 cm³/mol. The molecule has 0 aliphatic rings. The standard InChI is InChI=1S/C9H5BrFIN2S/c10-7-4-15-9(14-7)13-6-3-1-2-5(11)8(6)12/h1-4H,(H,13,14). The molecule has 6 heteroatoms. The second kappa shape index (κ2) is 4.75. The summed E-state index contributed by atoms with van der Waals surface area (Å²) in [5.74, 6) is -0.226. The van der Waals surface area contributed by atoms with Gasteiger partial charge >= 0.3 is 0 Å². The normalized spacial score (nSPS) is 10.3. The van der Waals surface area contributed by atoms with E-state index in [4.69, 9.17) is 0 Å². The lowest BCUT2D eigenvalue weighted by Crippen LogP contribution is -1.94. The smallest absolute Gasteiger partial charge is 0.188 e. The van der Waals surface area contributed by atoms with Crippen molar-refractivity contribution in [3.05, 3.63) is 37.6 Å². The van der Waals surface area contributed by atoms with Crippen LogP contribution in [0.4, 0.5) is 15.2 Å². The number of benzene rings is 1. The molecule has 0 amide bonds. The summed E-state index contributed by atoms with van der Waals surface area (Å²) in [5, 5.41) is 5.67. The monoisotopic (exact) mass is 398 g/mol. The van der Waals surface area contributed by atoms with Gasteiger partial charge in [0.05, 0.1) is 9.26 Å². The number of rotatable bonds is 2. The van der Waals surface area contributed by atoms with E-state index < -0.39 is 0 Å². The van der Waals surface area contributed by atoms with Gasteiger partial charge in [-0.25, -0.2) is 9.37 Å². The molecule has 1 aromatic carbocycles. The number of halogens is 3. The van der Waals surface area contributed by atoms with Crippen LogP contribution in [0.3, 0.4) is 0 Å². The van der Waals surface area contributed by atoms with E-state index in [1.54, 1.807) is 6.07 Å². The molecule has 0 radical (unpaired) electrons. The zero-order valence-corrected chi connectivity index (χ0v) is 11.9. The van der Waals surface area contributed by atoms with E-state index in [2.05, 4.69) is 26.2 Å². The van der Waals surface area contributed by atoms with E-state index in [0.29, 0.717) is 3.57 Å². The van der Waals surface area contributed by atoms with Gasteiger partial charge < -0.3 is 5.32 Å². The summed E-state index contributed by atoms with van der Waals surface area (Å²) in [4.78, 5) is 4.18. The lowest BCUT2D eigenvalue weighted by molar-refractivity contribution is 0.621. The highest BCUT2D eigenvalue weighted by Crippen LogP contribution is 2.27. The zero-order valence-electron chi connectivity index (χ0n) is 7.30. The van der Waals surface area contributed by atoms with Crippen molar-refractivity contribution in [3.8, 4) is 0 Å². The van der Waals surface area contributed by atoms with Gasteiger partial charge in [-0.15, -0.1) is 11.3 Å². The Morgan fingerprint density at radius 1 is 1.47 bits per heavy atom. The van der Waals surface area contributed by atoms with Gasteiger partial charge in [0.2, 0.25) is 0 Å². The van der Waals surface area contributed by atoms with Crippen LogP contribution >= 0.6 is 49.9 Å². The molecular weight excluding hydrogens is 394 g/mol. The zero-order chi connectivity index (χ0) is 10.8. The summed E-state index contributed by atoms with van der Waals surface area (Å²) in [6.07, 6.45) is 0. The van der Waals surface area contributed by atoms with Gasteiger partial charge in [0, 0.05) is 5.38 Å². The number of hydrogen-bond donors (Lipinski definition) is 1. The maximum atomic E-state index is 13.2. The Labute approximate surface area is 112 Å². The summed E-state index contributed by atoms with van der Waals surface area (Å²) < 4.78 is 14.6. The third-order valence-corrected chi connectivity index (χ3v) is 4.23. The molecule has 0 saturated carbocycles. The molecule has 2 aromatic rings. The molecule has 78 valence electrons. The quantitative estimate of drug-likeness (QED) is 0.758. The van der Waals surface area contributed by atoms with E-state index in [1.807, 2.05) is 34.0 Å². The van der Waals surface area contributed by atoms with Crippen molar-refractivity contribution >= 4 is 60.7 Å². The maximum Gasteiger partial charge on any atom is 0.188 e. The molecule has 0 atom stereocenters. The largest absolute Gasteiger partial charge is 0.331 e. The third kappa shape index (κ3) is 2.67. The van der Waals surface area contributed by atoms with Crippen molar-refractivity contribution in [2.24, 2.45) is 0 Å². The van der Waals surface area contributed by atoms with Crippen LogP contribution in [0.1, 0.15) is 0 Å². The van der Waals surface area contributed by atoms with Gasteiger partial charge in [-0.05, 0) is 50.7 Å². The first-order valence-corrected chi connectivity index (χ1v) is 6.74. The molecule has 0 saturated heterocycles. The van der Waals surface area contributed by atoms with Gasteiger partial charge in [-0.3, -0.25) is 0 Å². The molecule has 0 aliphatic heterocycles. The van der Waals surface area contributed by atoms with E-state index in [-0.39, 0.29) is 5.82 Å². The van der Waals surface area contributed by atoms with Gasteiger partial charge in [0.1, 0.15) is 10.4 Å². The molecule has 0 aliphatic carbocycles. The number of aromatic nitrogens is 1. The SMILES string of the molecule is Fc1cccc(Nc2nc(Br)cs2)c1I. The minimum absolute atomic E-state index is 0.226. The first-order chi connectivity index (χ1) is 7.16. The molecule has 2 nitrogen and oxygen atoms in total. The summed E-state index contributed by atoms with van der Waals surface area (Å²) in [7, 11) is 0. The lowest BCUT2D eigenvalue weighted by atomic mass is 10.3. The Morgan fingerprint density at radius 2 is 2.27 bits per heavy atom. The number of anilines is 2. The van der Waals surface area contributed by atoms with Crippen LogP contribution in [0, 0.1) is 9.39 Å². The van der Waals surface area contributed by atoms with E-state index >= 15 is 0 Å². The Bertz CT molecular complexity index is 489. The van der Waals surface area contributed by atoms with Crippen molar-refractivity contribution in [2.45, 2.75) is 0 Å². The molecular formula is C9H5BrFIN2S. The summed E-state index contributed by atoms with van der Waals surface area (Å²) in [5.41, 5.74) is 0.734. The van der Waals surface area contributed by atoms with E-state index in [9.17, 15) is 4.39 Å². The van der Waals surface area contributed by atoms with Crippen LogP contribution in [0.25, 0.3) is 0 Å². The second-order valence-electron chi connectivity index (χ2n) is 2.70. The second-order valence-corrected chi connectivity index (χ2v) is 5.45. The topological polar surface area (TPSA) is 24.9 Å². The lowest BCUT2D eigenvalue weighted by Gasteiger charge is -2.05. The fraction of sp³-hybridized carbons (Fsp3) is 0. The highest BCUT2D eigenvalue weighted by molar-refractivity contribution is 14.1. The van der Waals surface area contributed by atoms with Crippen molar-refractivity contribution in [2.75, 3.05) is 5.32 Å². The highest BCUT2D eigenvalue weighted by atomic mass is 127. The molecule has 15 heavy (non-hydrogen) atoms. The fourth-order valence-electron chi connectivity index (χ4n) is 1.03. The Hall–Kier alpha value is -0.210. The van der Waals surface area contributed by atoms with Crippen LogP contribution in [0.2, 0.25) is 0 Å². The third-order valence-electron chi connectivity index (χ3n) is 1.67. The van der Waals surface area contributed by atoms with Crippen LogP contribution in [-0.4, -0.2) is 4.98 Å². The Kier molecular flexibility index (Phi) is 3.57. The van der Waals surface area contributed by atoms with Crippen LogP contribution in [-0.2, 0) is 0 Å². The Morgan fingerprint density at radius 3 is 2.93 bits per heavy atom. The van der Waals surface area contributed by atoms with Crippen molar-refractivity contribution in [1.29, 1.82) is 0 Å². The molecule has 0 unspecified atom stereocenters. The van der Waals surface area contributed by atoms with Crippen LogP contribution in [0.15, 0.2) is 28.2 Å². The average molecular weight is 399 g/mol. The van der Waals surface area contributed by atoms with Gasteiger partial charge in [0.15, 0.2) is 5.13 Å². The Balaban J connectivity index is 2.28.